The molecule has 0 unspecified atom stereocenters. The SMILES string of the molecule is CCCCCCCCCC1(O)C=C(Cl)C(=O)C(Cl)=C1. The van der Waals surface area contributed by atoms with Crippen LogP contribution in [0.4, 0.5) is 0 Å². The molecule has 1 rings (SSSR count). The van der Waals surface area contributed by atoms with E-state index in [1.165, 1.54) is 44.3 Å². The van der Waals surface area contributed by atoms with Crippen LogP contribution in [0.25, 0.3) is 0 Å². The van der Waals surface area contributed by atoms with Gasteiger partial charge in [0.15, 0.2) is 0 Å². The summed E-state index contributed by atoms with van der Waals surface area (Å²) in [6.07, 6.45) is 11.6. The molecule has 0 heterocycles. The summed E-state index contributed by atoms with van der Waals surface area (Å²) in [5.74, 6) is -0.410. The van der Waals surface area contributed by atoms with E-state index in [0.29, 0.717) is 6.42 Å². The fourth-order valence-electron chi connectivity index (χ4n) is 2.24. The zero-order chi connectivity index (χ0) is 14.3. The average Bonchev–Trinajstić information content (AvgIpc) is 2.35. The summed E-state index contributed by atoms with van der Waals surface area (Å²) in [5, 5.41) is 10.3. The summed E-state index contributed by atoms with van der Waals surface area (Å²) in [6.45, 7) is 2.20. The number of hydrogen-bond acceptors (Lipinski definition) is 2. The number of carbonyl (C=O) groups is 1. The van der Waals surface area contributed by atoms with Gasteiger partial charge >= 0.3 is 0 Å². The molecule has 0 saturated carbocycles. The van der Waals surface area contributed by atoms with Crippen molar-refractivity contribution in [2.45, 2.75) is 63.9 Å². The van der Waals surface area contributed by atoms with Crippen molar-refractivity contribution >= 4 is 29.0 Å². The Morgan fingerprint density at radius 2 is 1.47 bits per heavy atom. The van der Waals surface area contributed by atoms with Gasteiger partial charge in [-0.15, -0.1) is 0 Å². The second-order valence-corrected chi connectivity index (χ2v) is 5.99. The first kappa shape index (κ1) is 16.7. The van der Waals surface area contributed by atoms with Crippen LogP contribution in [-0.4, -0.2) is 16.5 Å². The van der Waals surface area contributed by atoms with Gasteiger partial charge in [0, 0.05) is 0 Å². The molecule has 19 heavy (non-hydrogen) atoms. The second-order valence-electron chi connectivity index (χ2n) is 5.18. The van der Waals surface area contributed by atoms with E-state index in [-0.39, 0.29) is 10.1 Å². The minimum absolute atomic E-state index is 0.0120. The predicted octanol–water partition coefficient (Wildman–Crippen LogP) is 4.69. The van der Waals surface area contributed by atoms with Gasteiger partial charge in [-0.1, -0.05) is 68.7 Å². The Balaban J connectivity index is 2.30. The first-order valence-electron chi connectivity index (χ1n) is 7.02. The Labute approximate surface area is 125 Å². The third-order valence-corrected chi connectivity index (χ3v) is 3.93. The van der Waals surface area contributed by atoms with Crippen LogP contribution in [-0.2, 0) is 4.79 Å². The maximum Gasteiger partial charge on any atom is 0.215 e. The molecule has 108 valence electrons. The Morgan fingerprint density at radius 3 is 2.00 bits per heavy atom. The minimum atomic E-state index is -1.16. The van der Waals surface area contributed by atoms with Crippen molar-refractivity contribution < 1.29 is 9.90 Å². The van der Waals surface area contributed by atoms with Crippen LogP contribution in [0.5, 0.6) is 0 Å². The molecular formula is C15H22Cl2O2. The van der Waals surface area contributed by atoms with Crippen LogP contribution in [0.2, 0.25) is 0 Å². The highest BCUT2D eigenvalue weighted by molar-refractivity contribution is 6.55. The molecule has 0 amide bonds. The smallest absolute Gasteiger partial charge is 0.215 e. The van der Waals surface area contributed by atoms with Crippen molar-refractivity contribution in [2.24, 2.45) is 0 Å². The molecule has 1 aliphatic carbocycles. The quantitative estimate of drug-likeness (QED) is 0.661. The highest BCUT2D eigenvalue weighted by Gasteiger charge is 2.30. The summed E-state index contributed by atoms with van der Waals surface area (Å²) >= 11 is 11.5. The Kier molecular flexibility index (Phi) is 7.12. The third kappa shape index (κ3) is 5.68. The molecule has 0 atom stereocenters. The van der Waals surface area contributed by atoms with Crippen LogP contribution in [0.3, 0.4) is 0 Å². The standard InChI is InChI=1S/C15H22Cl2O2/c1-2-3-4-5-6-7-8-9-15(19)10-12(16)14(18)13(17)11-15/h10-11,19H,2-9H2,1H3. The van der Waals surface area contributed by atoms with Crippen molar-refractivity contribution in [3.63, 3.8) is 0 Å². The first-order valence-corrected chi connectivity index (χ1v) is 7.78. The van der Waals surface area contributed by atoms with E-state index >= 15 is 0 Å². The van der Waals surface area contributed by atoms with Crippen LogP contribution < -0.4 is 0 Å². The number of unbranched alkanes of at least 4 members (excludes halogenated alkanes) is 6. The lowest BCUT2D eigenvalue weighted by Gasteiger charge is -2.24. The summed E-state index contributed by atoms with van der Waals surface area (Å²) in [4.78, 5) is 11.4. The van der Waals surface area contributed by atoms with Gasteiger partial charge in [0.2, 0.25) is 5.78 Å². The number of rotatable bonds is 8. The van der Waals surface area contributed by atoms with E-state index in [9.17, 15) is 9.90 Å². The molecule has 0 fully saturated rings. The molecule has 0 saturated heterocycles. The van der Waals surface area contributed by atoms with Crippen LogP contribution in [0, 0.1) is 0 Å². The fraction of sp³-hybridized carbons (Fsp3) is 0.667. The lowest BCUT2D eigenvalue weighted by Crippen LogP contribution is -2.28. The average molecular weight is 305 g/mol. The Hall–Kier alpha value is -0.310. The lowest BCUT2D eigenvalue weighted by atomic mass is 9.91. The van der Waals surface area contributed by atoms with Gasteiger partial charge in [0.25, 0.3) is 0 Å². The minimum Gasteiger partial charge on any atom is -0.382 e. The molecule has 1 aliphatic rings. The maximum absolute atomic E-state index is 11.4. The summed E-state index contributed by atoms with van der Waals surface area (Å²) < 4.78 is 0. The molecule has 0 spiro atoms. The molecule has 0 aromatic rings. The van der Waals surface area contributed by atoms with E-state index < -0.39 is 11.4 Å². The van der Waals surface area contributed by atoms with E-state index in [1.807, 2.05) is 0 Å². The fourth-order valence-corrected chi connectivity index (χ4v) is 2.87. The normalized spacial score (nSPS) is 18.2. The van der Waals surface area contributed by atoms with Gasteiger partial charge in [-0.2, -0.15) is 0 Å². The van der Waals surface area contributed by atoms with E-state index in [2.05, 4.69) is 6.92 Å². The Morgan fingerprint density at radius 1 is 1.00 bits per heavy atom. The Bertz CT molecular complexity index is 350. The number of carbonyl (C=O) groups excluding carboxylic acids is 1. The number of allylic oxidation sites excluding steroid dienone is 2. The summed E-state index contributed by atoms with van der Waals surface area (Å²) in [6, 6.07) is 0. The van der Waals surface area contributed by atoms with Crippen molar-refractivity contribution in [2.75, 3.05) is 0 Å². The van der Waals surface area contributed by atoms with Crippen molar-refractivity contribution in [3.05, 3.63) is 22.2 Å². The molecule has 0 aromatic heterocycles. The number of hydrogen-bond donors (Lipinski definition) is 1. The second kappa shape index (κ2) is 8.08. The van der Waals surface area contributed by atoms with Crippen molar-refractivity contribution in [1.29, 1.82) is 0 Å². The van der Waals surface area contributed by atoms with E-state index in [0.717, 1.165) is 12.8 Å². The van der Waals surface area contributed by atoms with Gasteiger partial charge < -0.3 is 5.11 Å². The third-order valence-electron chi connectivity index (χ3n) is 3.37. The molecule has 0 aliphatic heterocycles. The monoisotopic (exact) mass is 304 g/mol. The van der Waals surface area contributed by atoms with Crippen LogP contribution in [0.1, 0.15) is 58.3 Å². The van der Waals surface area contributed by atoms with Crippen molar-refractivity contribution in [1.82, 2.24) is 0 Å². The molecule has 4 heteroatoms. The molecule has 2 nitrogen and oxygen atoms in total. The molecule has 0 bridgehead atoms. The van der Waals surface area contributed by atoms with Crippen molar-refractivity contribution in [3.8, 4) is 0 Å². The van der Waals surface area contributed by atoms with Gasteiger partial charge in [-0.05, 0) is 25.0 Å². The topological polar surface area (TPSA) is 37.3 Å². The van der Waals surface area contributed by atoms with Gasteiger partial charge in [-0.3, -0.25) is 4.79 Å². The highest BCUT2D eigenvalue weighted by Crippen LogP contribution is 2.30. The maximum atomic E-state index is 11.4. The molecule has 0 radical (unpaired) electrons. The lowest BCUT2D eigenvalue weighted by molar-refractivity contribution is -0.111. The molecular weight excluding hydrogens is 283 g/mol. The first-order chi connectivity index (χ1) is 8.98. The van der Waals surface area contributed by atoms with E-state index in [1.54, 1.807) is 0 Å². The van der Waals surface area contributed by atoms with Gasteiger partial charge in [0.05, 0.1) is 10.1 Å². The number of ketones is 1. The number of aliphatic hydroxyl groups is 1. The van der Waals surface area contributed by atoms with E-state index in [4.69, 9.17) is 23.2 Å². The van der Waals surface area contributed by atoms with Gasteiger partial charge in [0.1, 0.15) is 5.60 Å². The molecule has 0 aromatic carbocycles. The zero-order valence-corrected chi connectivity index (χ0v) is 12.9. The van der Waals surface area contributed by atoms with Gasteiger partial charge in [-0.25, -0.2) is 0 Å². The summed E-state index contributed by atoms with van der Waals surface area (Å²) in [5.41, 5.74) is -1.16. The highest BCUT2D eigenvalue weighted by atomic mass is 35.5. The molecule has 1 N–H and O–H groups in total. The summed E-state index contributed by atoms with van der Waals surface area (Å²) in [7, 11) is 0. The van der Waals surface area contributed by atoms with Crippen LogP contribution >= 0.6 is 23.2 Å². The largest absolute Gasteiger partial charge is 0.382 e. The number of halogens is 2. The van der Waals surface area contributed by atoms with Crippen LogP contribution in [0.15, 0.2) is 22.2 Å². The number of Topliss-reactive ketones (excluding diaryl/α,β-unsaturated/α-hetero) is 1. The predicted molar refractivity (Wildman–Crippen MR) is 80.4 cm³/mol. The zero-order valence-electron chi connectivity index (χ0n) is 11.4.